The number of carbonyl (C=O) groups excluding carboxylic acids is 4. The van der Waals surface area contributed by atoms with Gasteiger partial charge in [-0.25, -0.2) is 0 Å². The highest BCUT2D eigenvalue weighted by Gasteiger charge is 2.37. The normalized spacial score (nSPS) is 25.1. The predicted molar refractivity (Wildman–Crippen MR) is 81.9 cm³/mol. The van der Waals surface area contributed by atoms with E-state index in [0.717, 1.165) is 6.42 Å². The maximum absolute atomic E-state index is 12.7. The summed E-state index contributed by atoms with van der Waals surface area (Å²) in [5.41, 5.74) is 5.35. The van der Waals surface area contributed by atoms with E-state index < -0.39 is 24.0 Å². The summed E-state index contributed by atoms with van der Waals surface area (Å²) in [7, 11) is 0. The third-order valence-corrected chi connectivity index (χ3v) is 4.37. The third kappa shape index (κ3) is 4.00. The quantitative estimate of drug-likeness (QED) is 0.581. The second-order valence-electron chi connectivity index (χ2n) is 6.10. The average Bonchev–Trinajstić information content (AvgIpc) is 3.14. The molecule has 4 amide bonds. The molecule has 23 heavy (non-hydrogen) atoms. The van der Waals surface area contributed by atoms with Crippen molar-refractivity contribution in [3.8, 4) is 0 Å². The Kier molecular flexibility index (Phi) is 5.57. The summed E-state index contributed by atoms with van der Waals surface area (Å²) in [6.45, 7) is 2.39. The zero-order valence-electron chi connectivity index (χ0n) is 13.3. The molecule has 2 saturated heterocycles. The smallest absolute Gasteiger partial charge is 0.245 e. The first-order chi connectivity index (χ1) is 10.9. The van der Waals surface area contributed by atoms with Crippen LogP contribution in [0.3, 0.4) is 0 Å². The number of primary amides is 1. The van der Waals surface area contributed by atoms with E-state index in [-0.39, 0.29) is 17.7 Å². The molecule has 0 aromatic rings. The fourth-order valence-corrected chi connectivity index (χ4v) is 3.16. The standard InChI is InChI=1S/C15H24N4O4/c1-2-4-10(18-14(22)9-6-7-12(20)17-9)15(23)19-8-3-5-11(19)13(16)21/h9-11H,2-8H2,1H3,(H2,16,21)(H,17,20)(H,18,22)/t9-,10-,11-/m0/s1. The molecule has 8 nitrogen and oxygen atoms in total. The van der Waals surface area contributed by atoms with Gasteiger partial charge in [-0.05, 0) is 25.7 Å². The monoisotopic (exact) mass is 324 g/mol. The van der Waals surface area contributed by atoms with Crippen LogP contribution in [0.2, 0.25) is 0 Å². The van der Waals surface area contributed by atoms with Crippen molar-refractivity contribution < 1.29 is 19.2 Å². The first-order valence-corrected chi connectivity index (χ1v) is 8.13. The molecule has 0 aromatic carbocycles. The van der Waals surface area contributed by atoms with Gasteiger partial charge in [0.1, 0.15) is 18.1 Å². The van der Waals surface area contributed by atoms with Crippen molar-refractivity contribution in [2.24, 2.45) is 5.73 Å². The molecule has 8 heteroatoms. The summed E-state index contributed by atoms with van der Waals surface area (Å²) in [5.74, 6) is -1.29. The van der Waals surface area contributed by atoms with E-state index >= 15 is 0 Å². The van der Waals surface area contributed by atoms with Gasteiger partial charge in [-0.2, -0.15) is 0 Å². The largest absolute Gasteiger partial charge is 0.368 e. The zero-order chi connectivity index (χ0) is 17.0. The van der Waals surface area contributed by atoms with Crippen molar-refractivity contribution >= 4 is 23.6 Å². The van der Waals surface area contributed by atoms with Gasteiger partial charge >= 0.3 is 0 Å². The van der Waals surface area contributed by atoms with Crippen LogP contribution in [0.25, 0.3) is 0 Å². The maximum atomic E-state index is 12.7. The minimum atomic E-state index is -0.690. The molecule has 0 saturated carbocycles. The van der Waals surface area contributed by atoms with Gasteiger partial charge in [-0.3, -0.25) is 19.2 Å². The second-order valence-corrected chi connectivity index (χ2v) is 6.10. The highest BCUT2D eigenvalue weighted by Crippen LogP contribution is 2.19. The zero-order valence-corrected chi connectivity index (χ0v) is 13.3. The van der Waals surface area contributed by atoms with Crippen molar-refractivity contribution in [1.29, 1.82) is 0 Å². The number of likely N-dealkylation sites (tertiary alicyclic amines) is 1. The molecular formula is C15H24N4O4. The Balaban J connectivity index is 2.02. The Morgan fingerprint density at radius 1 is 1.39 bits per heavy atom. The van der Waals surface area contributed by atoms with Gasteiger partial charge in [-0.1, -0.05) is 13.3 Å². The summed E-state index contributed by atoms with van der Waals surface area (Å²) in [6, 6.07) is -1.87. The van der Waals surface area contributed by atoms with Crippen LogP contribution >= 0.6 is 0 Å². The summed E-state index contributed by atoms with van der Waals surface area (Å²) >= 11 is 0. The summed E-state index contributed by atoms with van der Waals surface area (Å²) in [6.07, 6.45) is 3.24. The molecule has 0 spiro atoms. The van der Waals surface area contributed by atoms with Gasteiger partial charge < -0.3 is 21.3 Å². The summed E-state index contributed by atoms with van der Waals surface area (Å²) in [4.78, 5) is 49.0. The van der Waals surface area contributed by atoms with E-state index in [9.17, 15) is 19.2 Å². The number of amides is 4. The first-order valence-electron chi connectivity index (χ1n) is 8.13. The molecule has 2 aliphatic rings. The Morgan fingerprint density at radius 2 is 2.13 bits per heavy atom. The SMILES string of the molecule is CCC[C@H](NC(=O)[C@@H]1CCC(=O)N1)C(=O)N1CCC[C@H]1C(N)=O. The molecule has 4 N–H and O–H groups in total. The van der Waals surface area contributed by atoms with Crippen LogP contribution in [0.15, 0.2) is 0 Å². The fourth-order valence-electron chi connectivity index (χ4n) is 3.16. The Bertz CT molecular complexity index is 508. The van der Waals surface area contributed by atoms with Crippen LogP contribution in [0, 0.1) is 0 Å². The van der Waals surface area contributed by atoms with E-state index in [0.29, 0.717) is 38.6 Å². The number of carbonyl (C=O) groups is 4. The minimum Gasteiger partial charge on any atom is -0.368 e. The molecule has 0 aromatic heterocycles. The lowest BCUT2D eigenvalue weighted by Crippen LogP contribution is -2.55. The number of hydrogen-bond donors (Lipinski definition) is 3. The van der Waals surface area contributed by atoms with E-state index in [1.807, 2.05) is 6.92 Å². The fraction of sp³-hybridized carbons (Fsp3) is 0.733. The van der Waals surface area contributed by atoms with Gasteiger partial charge in [0.05, 0.1) is 0 Å². The van der Waals surface area contributed by atoms with Crippen LogP contribution in [0.1, 0.15) is 45.4 Å². The van der Waals surface area contributed by atoms with E-state index in [1.54, 1.807) is 0 Å². The lowest BCUT2D eigenvalue weighted by molar-refractivity contribution is -0.141. The lowest BCUT2D eigenvalue weighted by Gasteiger charge is -2.28. The van der Waals surface area contributed by atoms with Crippen LogP contribution in [0.4, 0.5) is 0 Å². The van der Waals surface area contributed by atoms with Gasteiger partial charge in [0.15, 0.2) is 0 Å². The average molecular weight is 324 g/mol. The number of rotatable bonds is 6. The predicted octanol–water partition coefficient (Wildman–Crippen LogP) is -0.974. The molecule has 2 aliphatic heterocycles. The highest BCUT2D eigenvalue weighted by molar-refractivity contribution is 5.95. The van der Waals surface area contributed by atoms with Crippen LogP contribution in [-0.4, -0.2) is 53.2 Å². The Hall–Kier alpha value is -2.12. The Morgan fingerprint density at radius 3 is 2.70 bits per heavy atom. The maximum Gasteiger partial charge on any atom is 0.245 e. The minimum absolute atomic E-state index is 0.156. The van der Waals surface area contributed by atoms with Crippen molar-refractivity contribution in [2.45, 2.75) is 63.6 Å². The number of nitrogens with one attached hydrogen (secondary N) is 2. The van der Waals surface area contributed by atoms with Crippen LogP contribution < -0.4 is 16.4 Å². The molecule has 0 unspecified atom stereocenters. The summed E-state index contributed by atoms with van der Waals surface area (Å²) in [5, 5.41) is 5.31. The molecule has 2 heterocycles. The van der Waals surface area contributed by atoms with Crippen molar-refractivity contribution in [3.63, 3.8) is 0 Å². The third-order valence-electron chi connectivity index (χ3n) is 4.37. The molecule has 2 fully saturated rings. The van der Waals surface area contributed by atoms with E-state index in [4.69, 9.17) is 5.73 Å². The molecule has 3 atom stereocenters. The van der Waals surface area contributed by atoms with Crippen molar-refractivity contribution in [2.75, 3.05) is 6.54 Å². The lowest BCUT2D eigenvalue weighted by atomic mass is 10.1. The van der Waals surface area contributed by atoms with Crippen LogP contribution in [0.5, 0.6) is 0 Å². The highest BCUT2D eigenvalue weighted by atomic mass is 16.2. The van der Waals surface area contributed by atoms with Gasteiger partial charge in [0.2, 0.25) is 23.6 Å². The van der Waals surface area contributed by atoms with Gasteiger partial charge in [0, 0.05) is 13.0 Å². The summed E-state index contributed by atoms with van der Waals surface area (Å²) < 4.78 is 0. The molecule has 2 rings (SSSR count). The number of nitrogens with two attached hydrogens (primary N) is 1. The molecule has 128 valence electrons. The van der Waals surface area contributed by atoms with Crippen LogP contribution in [-0.2, 0) is 19.2 Å². The number of nitrogens with zero attached hydrogens (tertiary/aromatic N) is 1. The number of hydrogen-bond acceptors (Lipinski definition) is 4. The molecule has 0 bridgehead atoms. The van der Waals surface area contributed by atoms with E-state index in [2.05, 4.69) is 10.6 Å². The van der Waals surface area contributed by atoms with Gasteiger partial charge in [-0.15, -0.1) is 0 Å². The van der Waals surface area contributed by atoms with Crippen molar-refractivity contribution in [3.05, 3.63) is 0 Å². The molecular weight excluding hydrogens is 300 g/mol. The Labute approximate surface area is 135 Å². The molecule has 0 radical (unpaired) electrons. The van der Waals surface area contributed by atoms with Gasteiger partial charge in [0.25, 0.3) is 0 Å². The van der Waals surface area contributed by atoms with Crippen molar-refractivity contribution in [1.82, 2.24) is 15.5 Å². The topological polar surface area (TPSA) is 122 Å². The first kappa shape index (κ1) is 17.2. The second kappa shape index (κ2) is 7.43. The van der Waals surface area contributed by atoms with E-state index in [1.165, 1.54) is 4.90 Å². The molecule has 0 aliphatic carbocycles.